The van der Waals surface area contributed by atoms with Crippen molar-refractivity contribution >= 4 is 23.2 Å². The maximum Gasteiger partial charge on any atom is 0.227 e. The lowest BCUT2D eigenvalue weighted by atomic mass is 10.2. The van der Waals surface area contributed by atoms with Crippen molar-refractivity contribution in [1.82, 2.24) is 9.97 Å². The van der Waals surface area contributed by atoms with Gasteiger partial charge in [-0.15, -0.1) is 0 Å². The van der Waals surface area contributed by atoms with E-state index in [0.29, 0.717) is 33.9 Å². The zero-order valence-corrected chi connectivity index (χ0v) is 12.1. The van der Waals surface area contributed by atoms with Crippen molar-refractivity contribution in [2.45, 2.75) is 0 Å². The second kappa shape index (κ2) is 6.29. The Bertz CT molecular complexity index is 565. The van der Waals surface area contributed by atoms with Crippen LogP contribution in [0.1, 0.15) is 0 Å². The molecular weight excluding hydrogens is 282 g/mol. The van der Waals surface area contributed by atoms with Crippen LogP contribution in [0.15, 0.2) is 24.5 Å². The van der Waals surface area contributed by atoms with Gasteiger partial charge in [-0.25, -0.2) is 9.97 Å². The largest absolute Gasteiger partial charge is 0.493 e. The first-order valence-electron chi connectivity index (χ1n) is 5.72. The summed E-state index contributed by atoms with van der Waals surface area (Å²) in [7, 11) is 4.66. The van der Waals surface area contributed by atoms with E-state index in [4.69, 9.17) is 25.8 Å². The van der Waals surface area contributed by atoms with E-state index in [0.717, 1.165) is 0 Å². The second-order valence-electron chi connectivity index (χ2n) is 3.76. The molecule has 2 aromatic rings. The Hall–Kier alpha value is -2.21. The first-order valence-corrected chi connectivity index (χ1v) is 6.10. The van der Waals surface area contributed by atoms with Gasteiger partial charge in [-0.2, -0.15) is 0 Å². The molecule has 7 heteroatoms. The van der Waals surface area contributed by atoms with E-state index in [1.165, 1.54) is 12.4 Å². The molecule has 1 aromatic carbocycles. The molecule has 0 fully saturated rings. The standard InChI is InChI=1S/C13H14ClN3O3/c1-18-10-4-9(5-11(19-2)12(10)20-3)17-13-15-6-8(14)7-16-13/h4-7H,1-3H3,(H,15,16,17). The number of ether oxygens (including phenoxy) is 3. The third kappa shape index (κ3) is 3.03. The lowest BCUT2D eigenvalue weighted by molar-refractivity contribution is 0.324. The van der Waals surface area contributed by atoms with Gasteiger partial charge < -0.3 is 19.5 Å². The van der Waals surface area contributed by atoms with Crippen molar-refractivity contribution in [3.63, 3.8) is 0 Å². The molecule has 0 aliphatic carbocycles. The zero-order chi connectivity index (χ0) is 14.5. The number of nitrogens with one attached hydrogen (secondary N) is 1. The van der Waals surface area contributed by atoms with Crippen molar-refractivity contribution in [2.24, 2.45) is 0 Å². The number of nitrogens with zero attached hydrogens (tertiary/aromatic N) is 2. The summed E-state index contributed by atoms with van der Waals surface area (Å²) in [4.78, 5) is 8.12. The number of hydrogen-bond donors (Lipinski definition) is 1. The Balaban J connectivity index is 2.34. The minimum absolute atomic E-state index is 0.420. The van der Waals surface area contributed by atoms with Gasteiger partial charge in [0.05, 0.1) is 38.7 Å². The van der Waals surface area contributed by atoms with Crippen LogP contribution in [-0.2, 0) is 0 Å². The van der Waals surface area contributed by atoms with Crippen LogP contribution in [-0.4, -0.2) is 31.3 Å². The summed E-state index contributed by atoms with van der Waals surface area (Å²) in [6.07, 6.45) is 3.02. The molecule has 1 aromatic heterocycles. The molecule has 0 atom stereocenters. The van der Waals surface area contributed by atoms with Gasteiger partial charge in [0.2, 0.25) is 11.7 Å². The van der Waals surface area contributed by atoms with Gasteiger partial charge in [0.1, 0.15) is 0 Å². The molecule has 6 nitrogen and oxygen atoms in total. The number of methoxy groups -OCH3 is 3. The maximum atomic E-state index is 5.74. The van der Waals surface area contributed by atoms with E-state index >= 15 is 0 Å². The van der Waals surface area contributed by atoms with E-state index in [1.54, 1.807) is 33.5 Å². The highest BCUT2D eigenvalue weighted by atomic mass is 35.5. The number of benzene rings is 1. The maximum absolute atomic E-state index is 5.74. The Morgan fingerprint density at radius 1 is 0.950 bits per heavy atom. The first kappa shape index (κ1) is 14.2. The van der Waals surface area contributed by atoms with E-state index in [9.17, 15) is 0 Å². The lowest BCUT2D eigenvalue weighted by Crippen LogP contribution is -1.99. The molecule has 0 amide bonds. The van der Waals surface area contributed by atoms with Gasteiger partial charge in [0.15, 0.2) is 11.5 Å². The van der Waals surface area contributed by atoms with Gasteiger partial charge >= 0.3 is 0 Å². The molecule has 2 rings (SSSR count). The summed E-state index contributed by atoms with van der Waals surface area (Å²) in [5, 5.41) is 3.51. The third-order valence-corrected chi connectivity index (χ3v) is 2.74. The third-order valence-electron chi connectivity index (χ3n) is 2.54. The van der Waals surface area contributed by atoms with Crippen LogP contribution in [0, 0.1) is 0 Å². The van der Waals surface area contributed by atoms with E-state index in [2.05, 4.69) is 15.3 Å². The SMILES string of the molecule is COc1cc(Nc2ncc(Cl)cn2)cc(OC)c1OC. The normalized spacial score (nSPS) is 10.0. The number of anilines is 2. The number of hydrogen-bond acceptors (Lipinski definition) is 6. The van der Waals surface area contributed by atoms with Crippen LogP contribution < -0.4 is 19.5 Å². The van der Waals surface area contributed by atoms with Gasteiger partial charge in [0, 0.05) is 17.8 Å². The van der Waals surface area contributed by atoms with Crippen LogP contribution >= 0.6 is 11.6 Å². The van der Waals surface area contributed by atoms with Crippen LogP contribution in [0.4, 0.5) is 11.6 Å². The number of rotatable bonds is 5. The summed E-state index contributed by atoms with van der Waals surface area (Å²) in [5.74, 6) is 2.04. The molecule has 0 bridgehead atoms. The van der Waals surface area contributed by atoms with Gasteiger partial charge in [-0.3, -0.25) is 0 Å². The molecular formula is C13H14ClN3O3. The van der Waals surface area contributed by atoms with Crippen molar-refractivity contribution in [3.05, 3.63) is 29.5 Å². The number of aromatic nitrogens is 2. The monoisotopic (exact) mass is 295 g/mol. The van der Waals surface area contributed by atoms with Crippen LogP contribution in [0.5, 0.6) is 17.2 Å². The molecule has 0 radical (unpaired) electrons. The Labute approximate surface area is 121 Å². The van der Waals surface area contributed by atoms with E-state index in [-0.39, 0.29) is 0 Å². The first-order chi connectivity index (χ1) is 9.67. The fourth-order valence-electron chi connectivity index (χ4n) is 1.66. The fourth-order valence-corrected chi connectivity index (χ4v) is 1.76. The molecule has 20 heavy (non-hydrogen) atoms. The average Bonchev–Trinajstić information content (AvgIpc) is 2.48. The molecule has 0 aliphatic rings. The predicted molar refractivity (Wildman–Crippen MR) is 76.4 cm³/mol. The van der Waals surface area contributed by atoms with Crippen LogP contribution in [0.25, 0.3) is 0 Å². The zero-order valence-electron chi connectivity index (χ0n) is 11.3. The molecule has 0 saturated heterocycles. The van der Waals surface area contributed by atoms with E-state index in [1.807, 2.05) is 0 Å². The number of halogens is 1. The van der Waals surface area contributed by atoms with Crippen molar-refractivity contribution in [2.75, 3.05) is 26.6 Å². The fraction of sp³-hybridized carbons (Fsp3) is 0.231. The summed E-state index contributed by atoms with van der Waals surface area (Å²) < 4.78 is 15.8. The van der Waals surface area contributed by atoms with Crippen molar-refractivity contribution in [3.8, 4) is 17.2 Å². The quantitative estimate of drug-likeness (QED) is 0.915. The van der Waals surface area contributed by atoms with Gasteiger partial charge in [0.25, 0.3) is 0 Å². The molecule has 0 unspecified atom stereocenters. The summed E-state index contributed by atoms with van der Waals surface area (Å²) in [6.45, 7) is 0. The smallest absolute Gasteiger partial charge is 0.227 e. The highest BCUT2D eigenvalue weighted by molar-refractivity contribution is 6.30. The molecule has 0 spiro atoms. The molecule has 0 saturated carbocycles. The highest BCUT2D eigenvalue weighted by Crippen LogP contribution is 2.40. The van der Waals surface area contributed by atoms with Crippen molar-refractivity contribution < 1.29 is 14.2 Å². The summed E-state index contributed by atoms with van der Waals surface area (Å²) >= 11 is 5.74. The van der Waals surface area contributed by atoms with Gasteiger partial charge in [-0.1, -0.05) is 11.6 Å². The minimum Gasteiger partial charge on any atom is -0.493 e. The molecule has 106 valence electrons. The summed E-state index contributed by atoms with van der Waals surface area (Å²) in [6, 6.07) is 3.53. The summed E-state index contributed by atoms with van der Waals surface area (Å²) in [5.41, 5.74) is 0.710. The van der Waals surface area contributed by atoms with E-state index < -0.39 is 0 Å². The molecule has 1 heterocycles. The lowest BCUT2D eigenvalue weighted by Gasteiger charge is -2.14. The van der Waals surface area contributed by atoms with Gasteiger partial charge in [-0.05, 0) is 0 Å². The Kier molecular flexibility index (Phi) is 4.47. The Morgan fingerprint density at radius 3 is 1.95 bits per heavy atom. The molecule has 1 N–H and O–H groups in total. The minimum atomic E-state index is 0.420. The topological polar surface area (TPSA) is 65.5 Å². The highest BCUT2D eigenvalue weighted by Gasteiger charge is 2.13. The van der Waals surface area contributed by atoms with Crippen molar-refractivity contribution in [1.29, 1.82) is 0 Å². The van der Waals surface area contributed by atoms with Crippen LogP contribution in [0.2, 0.25) is 5.02 Å². The van der Waals surface area contributed by atoms with Crippen LogP contribution in [0.3, 0.4) is 0 Å². The molecule has 0 aliphatic heterocycles. The predicted octanol–water partition coefficient (Wildman–Crippen LogP) is 2.90. The second-order valence-corrected chi connectivity index (χ2v) is 4.20. The Morgan fingerprint density at radius 2 is 1.50 bits per heavy atom. The average molecular weight is 296 g/mol.